The van der Waals surface area contributed by atoms with E-state index in [0.717, 1.165) is 6.42 Å². The van der Waals surface area contributed by atoms with Crippen molar-refractivity contribution in [2.24, 2.45) is 0 Å². The van der Waals surface area contributed by atoms with Gasteiger partial charge in [-0.1, -0.05) is 42.5 Å². The van der Waals surface area contributed by atoms with Crippen LogP contribution in [-0.2, 0) is 6.42 Å². The molecular formula is C15H22NO+. The zero-order valence-corrected chi connectivity index (χ0v) is 10.3. The Morgan fingerprint density at radius 1 is 1.18 bits per heavy atom. The number of rotatable bonds is 7. The van der Waals surface area contributed by atoms with Gasteiger partial charge in [0, 0.05) is 6.42 Å². The number of hydrogen-bond donors (Lipinski definition) is 2. The van der Waals surface area contributed by atoms with E-state index in [1.165, 1.54) is 5.56 Å². The van der Waals surface area contributed by atoms with Crippen molar-refractivity contribution in [3.63, 3.8) is 0 Å². The first-order chi connectivity index (χ1) is 8.12. The van der Waals surface area contributed by atoms with Crippen molar-refractivity contribution in [1.82, 2.24) is 0 Å². The maximum atomic E-state index is 10.5. The number of benzene rings is 1. The molecule has 0 aliphatic heterocycles. The van der Waals surface area contributed by atoms with E-state index in [4.69, 9.17) is 0 Å². The van der Waals surface area contributed by atoms with Crippen molar-refractivity contribution in [2.75, 3.05) is 0 Å². The molecule has 0 saturated heterocycles. The first-order valence-corrected chi connectivity index (χ1v) is 5.93. The summed E-state index contributed by atoms with van der Waals surface area (Å²) in [6.07, 6.45) is 5.33. The highest BCUT2D eigenvalue weighted by molar-refractivity contribution is 5.16. The van der Waals surface area contributed by atoms with E-state index < -0.39 is 5.60 Å². The second-order valence-electron chi connectivity index (χ2n) is 4.48. The average molecular weight is 232 g/mol. The summed E-state index contributed by atoms with van der Waals surface area (Å²) >= 11 is 0. The SMILES string of the molecule is C=CCC(O)(CC=C)[C@@H]([NH3+])Cc1ccccc1. The quantitative estimate of drug-likeness (QED) is 0.691. The summed E-state index contributed by atoms with van der Waals surface area (Å²) in [6.45, 7) is 7.39. The molecule has 0 heterocycles. The van der Waals surface area contributed by atoms with Crippen LogP contribution in [-0.4, -0.2) is 16.7 Å². The van der Waals surface area contributed by atoms with Gasteiger partial charge in [0.1, 0.15) is 11.6 Å². The summed E-state index contributed by atoms with van der Waals surface area (Å²) < 4.78 is 0. The van der Waals surface area contributed by atoms with Gasteiger partial charge in [0.25, 0.3) is 0 Å². The Bertz CT molecular complexity index is 348. The Labute approximate surface area is 103 Å². The molecule has 0 spiro atoms. The van der Waals surface area contributed by atoms with Gasteiger partial charge in [0.15, 0.2) is 0 Å². The lowest BCUT2D eigenvalue weighted by Gasteiger charge is -2.29. The van der Waals surface area contributed by atoms with Gasteiger partial charge in [0.2, 0.25) is 0 Å². The highest BCUT2D eigenvalue weighted by Crippen LogP contribution is 2.21. The molecule has 0 aliphatic rings. The first-order valence-electron chi connectivity index (χ1n) is 5.93. The van der Waals surface area contributed by atoms with Gasteiger partial charge in [-0.05, 0) is 18.4 Å². The standard InChI is InChI=1S/C15H21NO/c1-3-10-15(17,11-4-2)14(16)12-13-8-6-5-7-9-13/h3-9,14,17H,1-2,10-12,16H2/p+1/t14-/m0/s1. The Morgan fingerprint density at radius 2 is 1.71 bits per heavy atom. The Balaban J connectivity index is 2.74. The van der Waals surface area contributed by atoms with Gasteiger partial charge in [-0.2, -0.15) is 0 Å². The second kappa shape index (κ2) is 6.38. The van der Waals surface area contributed by atoms with E-state index in [-0.39, 0.29) is 6.04 Å². The van der Waals surface area contributed by atoms with E-state index in [0.29, 0.717) is 12.8 Å². The summed E-state index contributed by atoms with van der Waals surface area (Å²) in [5.74, 6) is 0. The highest BCUT2D eigenvalue weighted by Gasteiger charge is 2.34. The zero-order valence-electron chi connectivity index (χ0n) is 10.3. The van der Waals surface area contributed by atoms with Crippen LogP contribution in [0.15, 0.2) is 55.6 Å². The second-order valence-corrected chi connectivity index (χ2v) is 4.48. The third-order valence-electron chi connectivity index (χ3n) is 3.08. The van der Waals surface area contributed by atoms with Crippen LogP contribution in [0.3, 0.4) is 0 Å². The van der Waals surface area contributed by atoms with Gasteiger partial charge in [-0.3, -0.25) is 0 Å². The summed E-state index contributed by atoms with van der Waals surface area (Å²) in [5, 5.41) is 10.5. The molecule has 1 rings (SSSR count). The van der Waals surface area contributed by atoms with Crippen LogP contribution in [0.4, 0.5) is 0 Å². The normalized spacial score (nSPS) is 13.1. The average Bonchev–Trinajstić information content (AvgIpc) is 2.31. The number of aliphatic hydroxyl groups is 1. The van der Waals surface area contributed by atoms with Crippen molar-refractivity contribution in [3.8, 4) is 0 Å². The van der Waals surface area contributed by atoms with Crippen LogP contribution in [0.25, 0.3) is 0 Å². The summed E-state index contributed by atoms with van der Waals surface area (Å²) in [6, 6.07) is 10.0. The van der Waals surface area contributed by atoms with E-state index in [1.807, 2.05) is 18.2 Å². The van der Waals surface area contributed by atoms with Crippen molar-refractivity contribution in [2.45, 2.75) is 30.9 Å². The van der Waals surface area contributed by atoms with E-state index >= 15 is 0 Å². The Morgan fingerprint density at radius 3 is 2.18 bits per heavy atom. The lowest BCUT2D eigenvalue weighted by atomic mass is 9.84. The molecule has 1 aromatic carbocycles. The topological polar surface area (TPSA) is 47.9 Å². The van der Waals surface area contributed by atoms with Crippen molar-refractivity contribution < 1.29 is 10.8 Å². The fourth-order valence-corrected chi connectivity index (χ4v) is 2.01. The van der Waals surface area contributed by atoms with Crippen LogP contribution >= 0.6 is 0 Å². The van der Waals surface area contributed by atoms with Crippen molar-refractivity contribution in [1.29, 1.82) is 0 Å². The fourth-order valence-electron chi connectivity index (χ4n) is 2.01. The van der Waals surface area contributed by atoms with Crippen molar-refractivity contribution >= 4 is 0 Å². The smallest absolute Gasteiger partial charge is 0.123 e. The molecular weight excluding hydrogens is 210 g/mol. The van der Waals surface area contributed by atoms with E-state index in [2.05, 4.69) is 31.0 Å². The molecule has 0 aliphatic carbocycles. The lowest BCUT2D eigenvalue weighted by molar-refractivity contribution is -0.453. The Hall–Kier alpha value is -1.38. The largest absolute Gasteiger partial charge is 0.383 e. The number of quaternary nitrogens is 1. The monoisotopic (exact) mass is 232 g/mol. The molecule has 1 atom stereocenters. The molecule has 4 N–H and O–H groups in total. The summed E-state index contributed by atoms with van der Waals surface area (Å²) in [5.41, 5.74) is 4.46. The molecule has 0 saturated carbocycles. The maximum Gasteiger partial charge on any atom is 0.123 e. The molecule has 0 amide bonds. The minimum absolute atomic E-state index is 0.0686. The Kier molecular flexibility index (Phi) is 5.13. The predicted molar refractivity (Wildman–Crippen MR) is 71.4 cm³/mol. The minimum Gasteiger partial charge on any atom is -0.383 e. The molecule has 17 heavy (non-hydrogen) atoms. The summed E-state index contributed by atoms with van der Waals surface area (Å²) in [7, 11) is 0. The van der Waals surface area contributed by atoms with Gasteiger partial charge in [-0.25, -0.2) is 0 Å². The van der Waals surface area contributed by atoms with Gasteiger partial charge in [-0.15, -0.1) is 13.2 Å². The predicted octanol–water partition coefficient (Wildman–Crippen LogP) is 1.72. The van der Waals surface area contributed by atoms with Crippen LogP contribution in [0.2, 0.25) is 0 Å². The molecule has 0 unspecified atom stereocenters. The van der Waals surface area contributed by atoms with Crippen LogP contribution in [0.1, 0.15) is 18.4 Å². The molecule has 0 aromatic heterocycles. The molecule has 1 aromatic rings. The minimum atomic E-state index is -0.834. The molecule has 2 heteroatoms. The molecule has 92 valence electrons. The summed E-state index contributed by atoms with van der Waals surface area (Å²) in [4.78, 5) is 0. The molecule has 0 bridgehead atoms. The first kappa shape index (κ1) is 13.7. The van der Waals surface area contributed by atoms with Gasteiger partial charge >= 0.3 is 0 Å². The van der Waals surface area contributed by atoms with Crippen LogP contribution in [0, 0.1) is 0 Å². The molecule has 0 radical (unpaired) electrons. The third-order valence-corrected chi connectivity index (χ3v) is 3.08. The van der Waals surface area contributed by atoms with Gasteiger partial charge in [0.05, 0.1) is 0 Å². The third kappa shape index (κ3) is 3.84. The van der Waals surface area contributed by atoms with E-state index in [9.17, 15) is 5.11 Å². The van der Waals surface area contributed by atoms with Crippen molar-refractivity contribution in [3.05, 3.63) is 61.2 Å². The lowest BCUT2D eigenvalue weighted by Crippen LogP contribution is -2.72. The zero-order chi connectivity index (χ0) is 12.7. The maximum absolute atomic E-state index is 10.5. The highest BCUT2D eigenvalue weighted by atomic mass is 16.3. The van der Waals surface area contributed by atoms with Crippen LogP contribution < -0.4 is 5.73 Å². The van der Waals surface area contributed by atoms with Crippen LogP contribution in [0.5, 0.6) is 0 Å². The molecule has 2 nitrogen and oxygen atoms in total. The van der Waals surface area contributed by atoms with Gasteiger partial charge < -0.3 is 10.8 Å². The fraction of sp³-hybridized carbons (Fsp3) is 0.333. The molecule has 0 fully saturated rings. The van der Waals surface area contributed by atoms with E-state index in [1.54, 1.807) is 12.2 Å². The number of hydrogen-bond acceptors (Lipinski definition) is 1.